The SMILES string of the molecule is C[Si](C)(C)CC(CCl)c1ccccc1Cl. The van der Waals surface area contributed by atoms with Crippen LogP contribution < -0.4 is 0 Å². The summed E-state index contributed by atoms with van der Waals surface area (Å²) in [6.45, 7) is 7.09. The molecule has 0 bridgehead atoms. The van der Waals surface area contributed by atoms with Crippen LogP contribution in [0, 0.1) is 0 Å². The van der Waals surface area contributed by atoms with Crippen LogP contribution in [0.5, 0.6) is 0 Å². The number of hydrogen-bond acceptors (Lipinski definition) is 0. The Kier molecular flexibility index (Phi) is 4.69. The Balaban J connectivity index is 2.88. The first-order chi connectivity index (χ1) is 6.94. The predicted molar refractivity (Wildman–Crippen MR) is 73.1 cm³/mol. The summed E-state index contributed by atoms with van der Waals surface area (Å²) in [5.74, 6) is 1.07. The fourth-order valence-electron chi connectivity index (χ4n) is 1.79. The zero-order valence-electron chi connectivity index (χ0n) is 9.56. The summed E-state index contributed by atoms with van der Waals surface area (Å²) in [6, 6.07) is 9.23. The number of benzene rings is 1. The Morgan fingerprint density at radius 3 is 2.27 bits per heavy atom. The van der Waals surface area contributed by atoms with Crippen molar-refractivity contribution in [2.24, 2.45) is 0 Å². The quantitative estimate of drug-likeness (QED) is 0.528. The second-order valence-electron chi connectivity index (χ2n) is 5.14. The van der Waals surface area contributed by atoms with E-state index in [4.69, 9.17) is 23.2 Å². The summed E-state index contributed by atoms with van der Waals surface area (Å²) in [7, 11) is -1.09. The Bertz CT molecular complexity index is 318. The molecule has 0 saturated carbocycles. The van der Waals surface area contributed by atoms with Gasteiger partial charge < -0.3 is 0 Å². The van der Waals surface area contributed by atoms with Crippen LogP contribution in [0.2, 0.25) is 30.7 Å². The first-order valence-corrected chi connectivity index (χ1v) is 9.86. The van der Waals surface area contributed by atoms with Gasteiger partial charge in [0.05, 0.1) is 0 Å². The van der Waals surface area contributed by atoms with Gasteiger partial charge in [-0.25, -0.2) is 0 Å². The van der Waals surface area contributed by atoms with E-state index in [0.717, 1.165) is 5.02 Å². The molecule has 0 N–H and O–H groups in total. The highest BCUT2D eigenvalue weighted by atomic mass is 35.5. The minimum Gasteiger partial charge on any atom is -0.126 e. The van der Waals surface area contributed by atoms with Gasteiger partial charge in [-0.3, -0.25) is 0 Å². The molecule has 3 heteroatoms. The first-order valence-electron chi connectivity index (χ1n) is 5.24. The number of hydrogen-bond donors (Lipinski definition) is 0. The third-order valence-corrected chi connectivity index (χ3v) is 4.82. The number of alkyl halides is 1. The third kappa shape index (κ3) is 4.18. The maximum absolute atomic E-state index is 6.18. The van der Waals surface area contributed by atoms with Gasteiger partial charge in [0.15, 0.2) is 0 Å². The van der Waals surface area contributed by atoms with Gasteiger partial charge in [0.2, 0.25) is 0 Å². The van der Waals surface area contributed by atoms with Crippen molar-refractivity contribution in [3.05, 3.63) is 34.9 Å². The van der Waals surface area contributed by atoms with Crippen molar-refractivity contribution in [3.63, 3.8) is 0 Å². The molecule has 0 aromatic heterocycles. The zero-order valence-corrected chi connectivity index (χ0v) is 12.1. The van der Waals surface area contributed by atoms with Crippen LogP contribution in [-0.2, 0) is 0 Å². The second-order valence-corrected chi connectivity index (χ2v) is 11.4. The largest absolute Gasteiger partial charge is 0.126 e. The lowest BCUT2D eigenvalue weighted by molar-refractivity contribution is 0.854. The highest BCUT2D eigenvalue weighted by Gasteiger charge is 2.22. The molecule has 0 spiro atoms. The molecule has 0 aliphatic carbocycles. The van der Waals surface area contributed by atoms with E-state index in [9.17, 15) is 0 Å². The molecular weight excluding hydrogens is 243 g/mol. The molecule has 15 heavy (non-hydrogen) atoms. The molecule has 0 amide bonds. The zero-order chi connectivity index (χ0) is 11.5. The van der Waals surface area contributed by atoms with Crippen molar-refractivity contribution in [2.45, 2.75) is 31.6 Å². The van der Waals surface area contributed by atoms with E-state index < -0.39 is 8.07 Å². The summed E-state index contributed by atoms with van der Waals surface area (Å²) < 4.78 is 0. The lowest BCUT2D eigenvalue weighted by atomic mass is 10.0. The summed E-state index contributed by atoms with van der Waals surface area (Å²) >= 11 is 12.2. The topological polar surface area (TPSA) is 0 Å². The molecule has 1 aromatic carbocycles. The second kappa shape index (κ2) is 5.38. The van der Waals surface area contributed by atoms with Gasteiger partial charge in [-0.1, -0.05) is 49.4 Å². The van der Waals surface area contributed by atoms with E-state index in [1.54, 1.807) is 0 Å². The van der Waals surface area contributed by atoms with Crippen LogP contribution in [0.15, 0.2) is 24.3 Å². The third-order valence-electron chi connectivity index (χ3n) is 2.39. The van der Waals surface area contributed by atoms with Crippen molar-refractivity contribution in [1.29, 1.82) is 0 Å². The normalized spacial score (nSPS) is 13.9. The van der Waals surface area contributed by atoms with Gasteiger partial charge in [0, 0.05) is 19.0 Å². The Morgan fingerprint density at radius 1 is 1.20 bits per heavy atom. The van der Waals surface area contributed by atoms with Gasteiger partial charge in [-0.05, 0) is 23.6 Å². The summed E-state index contributed by atoms with van der Waals surface area (Å²) in [6.07, 6.45) is 0. The van der Waals surface area contributed by atoms with Crippen molar-refractivity contribution >= 4 is 31.3 Å². The van der Waals surface area contributed by atoms with E-state index in [1.165, 1.54) is 11.6 Å². The summed E-state index contributed by atoms with van der Waals surface area (Å²) in [4.78, 5) is 0. The Morgan fingerprint density at radius 2 is 1.80 bits per heavy atom. The lowest BCUT2D eigenvalue weighted by Gasteiger charge is -2.23. The maximum atomic E-state index is 6.18. The fraction of sp³-hybridized carbons (Fsp3) is 0.500. The molecule has 0 aliphatic heterocycles. The summed E-state index contributed by atoms with van der Waals surface area (Å²) in [5.41, 5.74) is 1.21. The molecule has 0 radical (unpaired) electrons. The average Bonchev–Trinajstić information content (AvgIpc) is 2.14. The van der Waals surface area contributed by atoms with E-state index in [2.05, 4.69) is 25.7 Å². The Labute approximate surface area is 104 Å². The first kappa shape index (κ1) is 13.1. The van der Waals surface area contributed by atoms with Crippen molar-refractivity contribution in [1.82, 2.24) is 0 Å². The standard InChI is InChI=1S/C12H18Cl2Si/c1-15(2,3)9-10(8-13)11-6-4-5-7-12(11)14/h4-7,10H,8-9H2,1-3H3. The molecule has 1 aromatic rings. The monoisotopic (exact) mass is 260 g/mol. The van der Waals surface area contributed by atoms with Gasteiger partial charge in [0.25, 0.3) is 0 Å². The molecule has 84 valence electrons. The van der Waals surface area contributed by atoms with Gasteiger partial charge in [0.1, 0.15) is 0 Å². The average molecular weight is 261 g/mol. The fourth-order valence-corrected chi connectivity index (χ4v) is 4.38. The van der Waals surface area contributed by atoms with Crippen LogP contribution >= 0.6 is 23.2 Å². The molecule has 1 unspecified atom stereocenters. The smallest absolute Gasteiger partial charge is 0.0449 e. The number of rotatable bonds is 4. The van der Waals surface area contributed by atoms with Crippen molar-refractivity contribution < 1.29 is 0 Å². The summed E-state index contributed by atoms with van der Waals surface area (Å²) in [5, 5.41) is 0.849. The maximum Gasteiger partial charge on any atom is 0.0449 e. The van der Waals surface area contributed by atoms with Crippen LogP contribution in [0.25, 0.3) is 0 Å². The van der Waals surface area contributed by atoms with E-state index in [1.807, 2.05) is 18.2 Å². The number of halogens is 2. The lowest BCUT2D eigenvalue weighted by Crippen LogP contribution is -2.23. The highest BCUT2D eigenvalue weighted by Crippen LogP contribution is 2.32. The van der Waals surface area contributed by atoms with Gasteiger partial charge in [-0.2, -0.15) is 0 Å². The highest BCUT2D eigenvalue weighted by molar-refractivity contribution is 6.76. The molecule has 0 heterocycles. The minimum atomic E-state index is -1.09. The molecule has 0 saturated heterocycles. The van der Waals surface area contributed by atoms with Gasteiger partial charge >= 0.3 is 0 Å². The molecular formula is C12H18Cl2Si. The molecule has 0 fully saturated rings. The van der Waals surface area contributed by atoms with Crippen LogP contribution in [0.3, 0.4) is 0 Å². The molecule has 0 nitrogen and oxygen atoms in total. The van der Waals surface area contributed by atoms with Crippen LogP contribution in [-0.4, -0.2) is 14.0 Å². The van der Waals surface area contributed by atoms with E-state index in [0.29, 0.717) is 11.8 Å². The Hall–Kier alpha value is 0.0169. The molecule has 1 atom stereocenters. The minimum absolute atomic E-state index is 0.409. The van der Waals surface area contributed by atoms with E-state index in [-0.39, 0.29) is 0 Å². The van der Waals surface area contributed by atoms with Crippen LogP contribution in [0.4, 0.5) is 0 Å². The van der Waals surface area contributed by atoms with Crippen molar-refractivity contribution in [3.8, 4) is 0 Å². The molecule has 0 aliphatic rings. The van der Waals surface area contributed by atoms with Crippen molar-refractivity contribution in [2.75, 3.05) is 5.88 Å². The van der Waals surface area contributed by atoms with Gasteiger partial charge in [-0.15, -0.1) is 11.6 Å². The molecule has 1 rings (SSSR count). The van der Waals surface area contributed by atoms with E-state index >= 15 is 0 Å². The predicted octanol–water partition coefficient (Wildman–Crippen LogP) is 5.00. The van der Waals surface area contributed by atoms with Crippen LogP contribution in [0.1, 0.15) is 11.5 Å².